The van der Waals surface area contributed by atoms with E-state index in [1.165, 1.54) is 16.7 Å². The summed E-state index contributed by atoms with van der Waals surface area (Å²) < 4.78 is 6.69. The lowest BCUT2D eigenvalue weighted by atomic mass is 9.98. The molecule has 0 aromatic heterocycles. The van der Waals surface area contributed by atoms with Crippen molar-refractivity contribution in [2.24, 2.45) is 0 Å². The third-order valence-corrected chi connectivity index (χ3v) is 6.52. The van der Waals surface area contributed by atoms with Gasteiger partial charge in [-0.1, -0.05) is 74.4 Å². The number of benzene rings is 2. The molecule has 1 heterocycles. The van der Waals surface area contributed by atoms with Gasteiger partial charge in [-0.15, -0.1) is 0 Å². The van der Waals surface area contributed by atoms with E-state index in [2.05, 4.69) is 66.4 Å². The highest BCUT2D eigenvalue weighted by atomic mass is 16.5. The molecule has 212 valence electrons. The molecule has 8 heteroatoms. The van der Waals surface area contributed by atoms with Gasteiger partial charge in [-0.3, -0.25) is 4.79 Å². The van der Waals surface area contributed by atoms with Crippen molar-refractivity contribution in [1.82, 2.24) is 4.90 Å². The SMILES string of the molecule is CCCc1ccc(C(OC2CCN(CCCCCC(=O)O)CC2)c2ccccc2)cc1.O=C(O)/C=C/C(=O)O. The van der Waals surface area contributed by atoms with E-state index in [1.807, 2.05) is 0 Å². The molecule has 1 aliphatic rings. The van der Waals surface area contributed by atoms with Crippen LogP contribution in [0.1, 0.15) is 74.7 Å². The molecule has 1 atom stereocenters. The van der Waals surface area contributed by atoms with Crippen LogP contribution in [0.3, 0.4) is 0 Å². The third kappa shape index (κ3) is 13.2. The maximum absolute atomic E-state index is 10.6. The molecule has 1 fully saturated rings. The van der Waals surface area contributed by atoms with E-state index in [1.54, 1.807) is 0 Å². The van der Waals surface area contributed by atoms with Crippen molar-refractivity contribution in [2.75, 3.05) is 19.6 Å². The summed E-state index contributed by atoms with van der Waals surface area (Å²) in [4.78, 5) is 32.2. The second kappa shape index (κ2) is 17.9. The quantitative estimate of drug-likeness (QED) is 0.210. The zero-order valence-corrected chi connectivity index (χ0v) is 22.7. The Hall–Kier alpha value is -3.49. The summed E-state index contributed by atoms with van der Waals surface area (Å²) in [5, 5.41) is 24.4. The van der Waals surface area contributed by atoms with Gasteiger partial charge in [-0.25, -0.2) is 9.59 Å². The van der Waals surface area contributed by atoms with Gasteiger partial charge in [0.25, 0.3) is 0 Å². The van der Waals surface area contributed by atoms with Crippen LogP contribution < -0.4 is 0 Å². The smallest absolute Gasteiger partial charge is 0.328 e. The Balaban J connectivity index is 0.000000580. The van der Waals surface area contributed by atoms with Gasteiger partial charge in [0.05, 0.1) is 6.10 Å². The van der Waals surface area contributed by atoms with Crippen LogP contribution in [-0.4, -0.2) is 63.9 Å². The number of aliphatic carboxylic acids is 3. The van der Waals surface area contributed by atoms with E-state index < -0.39 is 17.9 Å². The van der Waals surface area contributed by atoms with Crippen molar-refractivity contribution in [2.45, 2.75) is 70.5 Å². The van der Waals surface area contributed by atoms with Gasteiger partial charge in [-0.2, -0.15) is 0 Å². The van der Waals surface area contributed by atoms with Crippen molar-refractivity contribution >= 4 is 17.9 Å². The number of ether oxygens (including phenoxy) is 1. The fraction of sp³-hybridized carbons (Fsp3) is 0.452. The first-order valence-electron chi connectivity index (χ1n) is 13.7. The average Bonchev–Trinajstić information content (AvgIpc) is 2.92. The van der Waals surface area contributed by atoms with E-state index in [-0.39, 0.29) is 18.6 Å². The van der Waals surface area contributed by atoms with E-state index in [0.29, 0.717) is 12.2 Å². The van der Waals surface area contributed by atoms with Crippen LogP contribution in [0.5, 0.6) is 0 Å². The molecule has 39 heavy (non-hydrogen) atoms. The maximum atomic E-state index is 10.6. The minimum atomic E-state index is -1.26. The number of carboxylic acids is 3. The molecule has 0 radical (unpaired) electrons. The van der Waals surface area contributed by atoms with E-state index in [9.17, 15) is 14.4 Å². The Labute approximate surface area is 230 Å². The lowest BCUT2D eigenvalue weighted by molar-refractivity contribution is -0.137. The van der Waals surface area contributed by atoms with Gasteiger partial charge in [-0.05, 0) is 55.3 Å². The summed E-state index contributed by atoms with van der Waals surface area (Å²) in [6.45, 7) is 5.39. The number of piperidine rings is 1. The molecule has 0 saturated carbocycles. The van der Waals surface area contributed by atoms with Crippen LogP contribution in [0.4, 0.5) is 0 Å². The number of unbranched alkanes of at least 4 members (excludes halogenated alkanes) is 2. The number of aryl methyl sites for hydroxylation is 1. The minimum absolute atomic E-state index is 0.0237. The number of carbonyl (C=O) groups is 3. The zero-order chi connectivity index (χ0) is 28.5. The summed E-state index contributed by atoms with van der Waals surface area (Å²) in [5.74, 6) is -3.20. The Morgan fingerprint density at radius 3 is 2.00 bits per heavy atom. The minimum Gasteiger partial charge on any atom is -0.481 e. The molecule has 1 saturated heterocycles. The molecule has 1 unspecified atom stereocenters. The molecule has 0 spiro atoms. The molecule has 0 amide bonds. The number of likely N-dealkylation sites (tertiary alicyclic amines) is 1. The molecule has 3 rings (SSSR count). The Morgan fingerprint density at radius 2 is 1.46 bits per heavy atom. The number of nitrogens with zero attached hydrogens (tertiary/aromatic N) is 1. The Morgan fingerprint density at radius 1 is 0.872 bits per heavy atom. The van der Waals surface area contributed by atoms with E-state index in [0.717, 1.165) is 64.6 Å². The average molecular weight is 540 g/mol. The normalized spacial score (nSPS) is 14.9. The second-order valence-electron chi connectivity index (χ2n) is 9.67. The highest BCUT2D eigenvalue weighted by Gasteiger charge is 2.24. The zero-order valence-electron chi connectivity index (χ0n) is 22.7. The first kappa shape index (κ1) is 31.7. The highest BCUT2D eigenvalue weighted by Crippen LogP contribution is 2.30. The Kier molecular flexibility index (Phi) is 14.6. The fourth-order valence-corrected chi connectivity index (χ4v) is 4.52. The summed E-state index contributed by atoms with van der Waals surface area (Å²) in [6.07, 6.45) is 8.88. The van der Waals surface area contributed by atoms with E-state index >= 15 is 0 Å². The highest BCUT2D eigenvalue weighted by molar-refractivity contribution is 5.89. The van der Waals surface area contributed by atoms with Crippen molar-refractivity contribution < 1.29 is 34.4 Å². The van der Waals surface area contributed by atoms with Crippen molar-refractivity contribution in [3.05, 3.63) is 83.4 Å². The largest absolute Gasteiger partial charge is 0.481 e. The van der Waals surface area contributed by atoms with Crippen molar-refractivity contribution in [3.63, 3.8) is 0 Å². The summed E-state index contributed by atoms with van der Waals surface area (Å²) in [7, 11) is 0. The summed E-state index contributed by atoms with van der Waals surface area (Å²) >= 11 is 0. The van der Waals surface area contributed by atoms with E-state index in [4.69, 9.17) is 20.1 Å². The topological polar surface area (TPSA) is 124 Å². The molecule has 2 aromatic carbocycles. The lowest BCUT2D eigenvalue weighted by Gasteiger charge is -2.34. The molecule has 8 nitrogen and oxygen atoms in total. The van der Waals surface area contributed by atoms with Crippen LogP contribution in [0.25, 0.3) is 0 Å². The second-order valence-corrected chi connectivity index (χ2v) is 9.67. The molecule has 2 aromatic rings. The van der Waals surface area contributed by atoms with Crippen LogP contribution in [0, 0.1) is 0 Å². The monoisotopic (exact) mass is 539 g/mol. The van der Waals surface area contributed by atoms with Crippen LogP contribution in [0.15, 0.2) is 66.7 Å². The molecule has 0 aliphatic carbocycles. The van der Waals surface area contributed by atoms with Crippen LogP contribution in [0.2, 0.25) is 0 Å². The maximum Gasteiger partial charge on any atom is 0.328 e. The number of hydrogen-bond donors (Lipinski definition) is 3. The number of hydrogen-bond acceptors (Lipinski definition) is 5. The molecule has 1 aliphatic heterocycles. The van der Waals surface area contributed by atoms with Gasteiger partial charge < -0.3 is 25.0 Å². The van der Waals surface area contributed by atoms with Gasteiger partial charge in [0.15, 0.2) is 0 Å². The predicted octanol–water partition coefficient (Wildman–Crippen LogP) is 5.57. The third-order valence-electron chi connectivity index (χ3n) is 6.52. The van der Waals surface area contributed by atoms with Gasteiger partial charge in [0.2, 0.25) is 0 Å². The fourth-order valence-electron chi connectivity index (χ4n) is 4.52. The van der Waals surface area contributed by atoms with Gasteiger partial charge in [0.1, 0.15) is 6.10 Å². The first-order valence-corrected chi connectivity index (χ1v) is 13.7. The number of rotatable bonds is 14. The molecular weight excluding hydrogens is 498 g/mol. The first-order chi connectivity index (χ1) is 18.8. The summed E-state index contributed by atoms with van der Waals surface area (Å²) in [5.41, 5.74) is 3.83. The van der Waals surface area contributed by atoms with Crippen LogP contribution in [-0.2, 0) is 25.5 Å². The molecule has 0 bridgehead atoms. The van der Waals surface area contributed by atoms with Crippen LogP contribution >= 0.6 is 0 Å². The van der Waals surface area contributed by atoms with Gasteiger partial charge in [0, 0.05) is 31.7 Å². The van der Waals surface area contributed by atoms with Crippen molar-refractivity contribution in [3.8, 4) is 0 Å². The predicted molar refractivity (Wildman–Crippen MR) is 150 cm³/mol. The van der Waals surface area contributed by atoms with Gasteiger partial charge >= 0.3 is 17.9 Å². The lowest BCUT2D eigenvalue weighted by Crippen LogP contribution is -2.38. The molecular formula is C31H41NO7. The Bertz CT molecular complexity index is 1010. The standard InChI is InChI=1S/C27H37NO3.C4H4O4/c1-2-9-22-13-15-24(16-14-22)27(23-10-5-3-6-11-23)31-25-17-20-28(21-18-25)19-8-4-7-12-26(29)30;5-3(6)1-2-4(7)8/h3,5-6,10-11,13-16,25,27H,2,4,7-9,12,17-21H2,1H3,(H,29,30);1-2H,(H,5,6)(H,7,8)/b;2-1+. The van der Waals surface area contributed by atoms with Crippen molar-refractivity contribution in [1.29, 1.82) is 0 Å². The summed E-state index contributed by atoms with van der Waals surface area (Å²) in [6, 6.07) is 19.5. The molecule has 3 N–H and O–H groups in total. The number of carboxylic acid groups (broad SMARTS) is 3.